The molecule has 6 aromatic rings. The third kappa shape index (κ3) is 6.63. The van der Waals surface area contributed by atoms with E-state index in [9.17, 15) is 24.6 Å². The van der Waals surface area contributed by atoms with E-state index >= 15 is 0 Å². The summed E-state index contributed by atoms with van der Waals surface area (Å²) in [5.41, 5.74) is 2.97. The number of likely N-dealkylation sites (tertiary alicyclic amines) is 1. The highest BCUT2D eigenvalue weighted by Gasteiger charge is 2.38. The molecule has 8 rings (SSSR count). The topological polar surface area (TPSA) is 155 Å². The summed E-state index contributed by atoms with van der Waals surface area (Å²) in [6.07, 6.45) is 1.00. The van der Waals surface area contributed by atoms with Crippen LogP contribution in [0.1, 0.15) is 57.3 Å². The lowest BCUT2D eigenvalue weighted by Crippen LogP contribution is -3.13. The second-order valence-electron chi connectivity index (χ2n) is 14.9. The van der Waals surface area contributed by atoms with Crippen LogP contribution in [-0.2, 0) is 13.1 Å². The monoisotopic (exact) mass is 788 g/mol. The maximum absolute atomic E-state index is 14.7. The molecular weight excluding hydrogens is 749 g/mol. The van der Waals surface area contributed by atoms with Crippen LogP contribution in [0, 0.1) is 29.3 Å². The van der Waals surface area contributed by atoms with E-state index in [1.54, 1.807) is 49.6 Å². The van der Waals surface area contributed by atoms with Gasteiger partial charge in [0.15, 0.2) is 9.54 Å². The van der Waals surface area contributed by atoms with Crippen molar-refractivity contribution >= 4 is 24.4 Å². The van der Waals surface area contributed by atoms with Crippen molar-refractivity contribution < 1.29 is 19.8 Å². The van der Waals surface area contributed by atoms with Crippen molar-refractivity contribution in [3.63, 3.8) is 0 Å². The van der Waals surface area contributed by atoms with Gasteiger partial charge >= 0.3 is 0 Å². The highest BCUT2D eigenvalue weighted by atomic mass is 32.1. The molecule has 2 aliphatic rings. The van der Waals surface area contributed by atoms with Gasteiger partial charge in [-0.1, -0.05) is 47.5 Å². The summed E-state index contributed by atoms with van der Waals surface area (Å²) < 4.78 is 10.1. The van der Waals surface area contributed by atoms with Gasteiger partial charge in [-0.15, -0.1) is 0 Å². The molecule has 4 unspecified atom stereocenters. The Morgan fingerprint density at radius 1 is 0.857 bits per heavy atom. The highest BCUT2D eigenvalue weighted by molar-refractivity contribution is 7.71. The number of H-pyrrole nitrogens is 2. The van der Waals surface area contributed by atoms with E-state index in [1.165, 1.54) is 14.0 Å². The number of aromatic hydroxyl groups is 1. The summed E-state index contributed by atoms with van der Waals surface area (Å²) in [5, 5.41) is 26.9. The van der Waals surface area contributed by atoms with E-state index in [4.69, 9.17) is 29.2 Å². The number of ether oxygens (including phenoxy) is 1. The lowest BCUT2D eigenvalue weighted by Gasteiger charge is -2.40. The normalized spacial score (nSPS) is 17.9. The maximum atomic E-state index is 14.7. The summed E-state index contributed by atoms with van der Waals surface area (Å²) >= 11 is 11.1. The lowest BCUT2D eigenvalue weighted by molar-refractivity contribution is -0.924. The van der Waals surface area contributed by atoms with Crippen LogP contribution in [0.2, 0.25) is 0 Å². The molecule has 0 saturated carbocycles. The number of piperidine rings is 1. The van der Waals surface area contributed by atoms with Crippen molar-refractivity contribution in [3.05, 3.63) is 165 Å². The number of aryl methyl sites for hydroxylation is 2. The number of nitrogens with one attached hydrogen (secondary N) is 3. The third-order valence-electron chi connectivity index (χ3n) is 11.1. The molecule has 1 fully saturated rings. The molecule has 0 radical (unpaired) electrons. The fourth-order valence-corrected chi connectivity index (χ4v) is 9.14. The van der Waals surface area contributed by atoms with Crippen molar-refractivity contribution in [2.75, 3.05) is 20.2 Å². The largest absolute Gasteiger partial charge is 0.859 e. The van der Waals surface area contributed by atoms with Crippen LogP contribution in [0.3, 0.4) is 0 Å². The Hall–Kier alpha value is -5.83. The van der Waals surface area contributed by atoms with Gasteiger partial charge in [-0.25, -0.2) is 0 Å². The first-order chi connectivity index (χ1) is 26.9. The first-order valence-electron chi connectivity index (χ1n) is 18.4. The Balaban J connectivity index is 1.32. The number of pyridine rings is 1. The van der Waals surface area contributed by atoms with Crippen molar-refractivity contribution in [2.45, 2.75) is 45.2 Å². The smallest absolute Gasteiger partial charge is 0.259 e. The zero-order valence-electron chi connectivity index (χ0n) is 31.0. The molecular formula is C42H40N6O6S2. The van der Waals surface area contributed by atoms with Crippen molar-refractivity contribution in [3.8, 4) is 28.9 Å². The third-order valence-corrected chi connectivity index (χ3v) is 11.7. The number of fused-ring (bicyclic) bond motifs is 4. The van der Waals surface area contributed by atoms with Gasteiger partial charge in [0, 0.05) is 47.0 Å². The molecule has 3 aromatic heterocycles. The summed E-state index contributed by atoms with van der Waals surface area (Å²) in [7, 11) is 1.58. The summed E-state index contributed by atoms with van der Waals surface area (Å²) in [5.74, 6) is -1.54. The standard InChI is InChI=1S/C42H40N6O6S2/c1-23-7-12-29(13-8-23)47-39(52)35(37(50)43-41(47)55)34(36-38(51)44-42(56)48(40(36)53)30-14-9-24(2)10-15-30)26-11-16-32(54-3)28(18-26)22-45-19-25-17-27(21-45)31-5-4-6-33(49)46(31)20-25/h4-16,18,25,27,34,52-53H,17,19-22H2,1-3H3,(H,43,50,55)(H,44,51,56). The quantitative estimate of drug-likeness (QED) is 0.169. The fourth-order valence-electron chi connectivity index (χ4n) is 8.57. The minimum atomic E-state index is -1.38. The molecule has 0 amide bonds. The van der Waals surface area contributed by atoms with E-state index in [2.05, 4.69) is 9.97 Å². The van der Waals surface area contributed by atoms with Crippen LogP contribution in [0.15, 0.2) is 99.3 Å². The van der Waals surface area contributed by atoms with Gasteiger partial charge < -0.3 is 29.0 Å². The van der Waals surface area contributed by atoms with Gasteiger partial charge in [0.1, 0.15) is 12.3 Å². The number of aromatic nitrogens is 5. The predicted molar refractivity (Wildman–Crippen MR) is 215 cm³/mol. The van der Waals surface area contributed by atoms with Gasteiger partial charge in [-0.3, -0.25) is 28.9 Å². The summed E-state index contributed by atoms with van der Waals surface area (Å²) in [6, 6.07) is 25.0. The first kappa shape index (κ1) is 37.1. The molecule has 3 aromatic carbocycles. The van der Waals surface area contributed by atoms with Crippen LogP contribution in [0.5, 0.6) is 17.5 Å². The molecule has 2 aliphatic heterocycles. The number of aromatic amines is 2. The van der Waals surface area contributed by atoms with E-state index < -0.39 is 28.8 Å². The number of benzene rings is 3. The maximum Gasteiger partial charge on any atom is 0.259 e. The van der Waals surface area contributed by atoms with E-state index in [0.717, 1.165) is 41.9 Å². The Morgan fingerprint density at radius 3 is 2.14 bits per heavy atom. The minimum Gasteiger partial charge on any atom is -0.859 e. The number of hydrogen-bond acceptors (Lipinski definition) is 8. The van der Waals surface area contributed by atoms with Gasteiger partial charge in [-0.05, 0) is 98.6 Å². The Kier molecular flexibility index (Phi) is 9.73. The molecule has 0 spiro atoms. The number of quaternary nitrogens is 1. The predicted octanol–water partition coefficient (Wildman–Crippen LogP) is 4.05. The zero-order chi connectivity index (χ0) is 39.4. The molecule has 5 heterocycles. The SMILES string of the molecule is COc1ccc(C(c2c([O-])n(-c3ccc(C)cc3)c(=S)[nH]c2=O)c2c(O)n(-c3ccc(C)cc3)c(=S)[nH]c2=O)cc1C[NH+]1CC2CC(C1)c1cccc(=O)n1C2. The Morgan fingerprint density at radius 2 is 1.48 bits per heavy atom. The van der Waals surface area contributed by atoms with E-state index in [1.807, 2.05) is 60.9 Å². The number of hydrogen-bond donors (Lipinski definition) is 4. The van der Waals surface area contributed by atoms with Gasteiger partial charge in [-0.2, -0.15) is 0 Å². The van der Waals surface area contributed by atoms with Crippen LogP contribution in [0.4, 0.5) is 0 Å². The summed E-state index contributed by atoms with van der Waals surface area (Å²) in [4.78, 5) is 47.6. The minimum absolute atomic E-state index is 0.0209. The molecule has 0 aliphatic carbocycles. The van der Waals surface area contributed by atoms with Crippen LogP contribution in [0.25, 0.3) is 11.4 Å². The van der Waals surface area contributed by atoms with Crippen LogP contribution >= 0.6 is 24.4 Å². The Labute approximate surface area is 331 Å². The highest BCUT2D eigenvalue weighted by Crippen LogP contribution is 2.39. The van der Waals surface area contributed by atoms with E-state index in [0.29, 0.717) is 41.7 Å². The molecule has 4 N–H and O–H groups in total. The second kappa shape index (κ2) is 14.7. The van der Waals surface area contributed by atoms with Crippen LogP contribution in [-0.4, -0.2) is 49.0 Å². The fraction of sp³-hybridized carbons (Fsp3) is 0.262. The first-order valence-corrected chi connectivity index (χ1v) is 19.2. The average Bonchev–Trinajstić information content (AvgIpc) is 3.16. The van der Waals surface area contributed by atoms with Crippen molar-refractivity contribution in [1.82, 2.24) is 23.7 Å². The molecule has 14 heteroatoms. The molecule has 1 saturated heterocycles. The van der Waals surface area contributed by atoms with E-state index in [-0.39, 0.29) is 32.1 Å². The van der Waals surface area contributed by atoms with Gasteiger partial charge in [0.25, 0.3) is 16.7 Å². The van der Waals surface area contributed by atoms with Crippen molar-refractivity contribution in [1.29, 1.82) is 0 Å². The summed E-state index contributed by atoms with van der Waals surface area (Å²) in [6.45, 7) is 6.63. The van der Waals surface area contributed by atoms with Crippen molar-refractivity contribution in [2.24, 2.45) is 5.92 Å². The molecule has 56 heavy (non-hydrogen) atoms. The number of nitrogens with zero attached hydrogens (tertiary/aromatic N) is 3. The molecule has 286 valence electrons. The Bertz CT molecular complexity index is 2680. The number of methoxy groups -OCH3 is 1. The zero-order valence-corrected chi connectivity index (χ0v) is 32.6. The molecule has 4 atom stereocenters. The van der Waals surface area contributed by atoms with Crippen LogP contribution < -0.4 is 31.4 Å². The van der Waals surface area contributed by atoms with Gasteiger partial charge in [0.05, 0.1) is 37.4 Å². The number of rotatable bonds is 8. The molecule has 2 bridgehead atoms. The second-order valence-corrected chi connectivity index (χ2v) is 15.6. The molecule has 12 nitrogen and oxygen atoms in total. The average molecular weight is 789 g/mol. The van der Waals surface area contributed by atoms with Gasteiger partial charge in [0.2, 0.25) is 5.88 Å². The lowest BCUT2D eigenvalue weighted by atomic mass is 9.82.